The van der Waals surface area contributed by atoms with E-state index in [9.17, 15) is 0 Å². The smallest absolute Gasteiger partial charge is 0.177 e. The summed E-state index contributed by atoms with van der Waals surface area (Å²) in [6.07, 6.45) is 3.51. The Labute approximate surface area is 74.6 Å². The summed E-state index contributed by atoms with van der Waals surface area (Å²) >= 11 is 0. The predicted octanol–water partition coefficient (Wildman–Crippen LogP) is 2.49. The maximum atomic E-state index is 5.57. The van der Waals surface area contributed by atoms with Crippen molar-refractivity contribution in [2.75, 3.05) is 0 Å². The molecule has 0 amide bonds. The summed E-state index contributed by atoms with van der Waals surface area (Å²) in [4.78, 5) is 0. The lowest BCUT2D eigenvalue weighted by Crippen LogP contribution is -2.34. The van der Waals surface area contributed by atoms with Gasteiger partial charge in [-0.2, -0.15) is 0 Å². The summed E-state index contributed by atoms with van der Waals surface area (Å²) < 4.78 is 11.1. The van der Waals surface area contributed by atoms with E-state index in [2.05, 4.69) is 27.7 Å². The molecule has 2 nitrogen and oxygen atoms in total. The third-order valence-corrected chi connectivity index (χ3v) is 1.87. The Balaban J connectivity index is 2.50. The normalized spacial score (nSPS) is 36.2. The highest BCUT2D eigenvalue weighted by atomic mass is 16.7. The number of hydrogen-bond donors (Lipinski definition) is 0. The Morgan fingerprint density at radius 2 is 1.67 bits per heavy atom. The quantitative estimate of drug-likeness (QED) is 0.563. The van der Waals surface area contributed by atoms with Gasteiger partial charge in [-0.25, -0.2) is 0 Å². The summed E-state index contributed by atoms with van der Waals surface area (Å²) in [5, 5.41) is 0. The third kappa shape index (κ3) is 2.95. The Hall–Kier alpha value is -0.340. The highest BCUT2D eigenvalue weighted by Gasteiger charge is 2.22. The Bertz CT molecular complexity index is 161. The summed E-state index contributed by atoms with van der Waals surface area (Å²) in [6.45, 7) is 8.28. The Morgan fingerprint density at radius 1 is 1.17 bits per heavy atom. The maximum Gasteiger partial charge on any atom is 0.177 e. The molecule has 2 atom stereocenters. The minimum absolute atomic E-state index is 0.131. The van der Waals surface area contributed by atoms with E-state index >= 15 is 0 Å². The SMILES string of the molecule is CC(C)=CC1OC(C)CC(C)O1. The second-order valence-corrected chi connectivity index (χ2v) is 3.74. The zero-order valence-corrected chi connectivity index (χ0v) is 8.33. The summed E-state index contributed by atoms with van der Waals surface area (Å²) in [5.74, 6) is 0. The fourth-order valence-electron chi connectivity index (χ4n) is 1.42. The van der Waals surface area contributed by atoms with E-state index in [4.69, 9.17) is 9.47 Å². The van der Waals surface area contributed by atoms with Gasteiger partial charge in [-0.15, -0.1) is 0 Å². The number of ether oxygens (including phenoxy) is 2. The van der Waals surface area contributed by atoms with Crippen LogP contribution in [0.25, 0.3) is 0 Å². The lowest BCUT2D eigenvalue weighted by molar-refractivity contribution is -0.210. The van der Waals surface area contributed by atoms with E-state index in [0.717, 1.165) is 6.42 Å². The van der Waals surface area contributed by atoms with Gasteiger partial charge in [0.25, 0.3) is 0 Å². The average Bonchev–Trinajstić information content (AvgIpc) is 1.81. The van der Waals surface area contributed by atoms with Crippen molar-refractivity contribution in [3.63, 3.8) is 0 Å². The van der Waals surface area contributed by atoms with Gasteiger partial charge in [-0.3, -0.25) is 0 Å². The van der Waals surface area contributed by atoms with Crippen molar-refractivity contribution in [2.45, 2.75) is 52.6 Å². The Morgan fingerprint density at radius 3 is 2.08 bits per heavy atom. The molecule has 0 aromatic carbocycles. The van der Waals surface area contributed by atoms with Crippen LogP contribution in [0.15, 0.2) is 11.6 Å². The van der Waals surface area contributed by atoms with E-state index in [-0.39, 0.29) is 6.29 Å². The van der Waals surface area contributed by atoms with E-state index in [1.54, 1.807) is 0 Å². The van der Waals surface area contributed by atoms with Crippen molar-refractivity contribution in [2.24, 2.45) is 0 Å². The first-order valence-electron chi connectivity index (χ1n) is 4.54. The molecule has 1 aliphatic heterocycles. The fraction of sp³-hybridized carbons (Fsp3) is 0.800. The molecule has 2 unspecified atom stereocenters. The molecule has 0 spiro atoms. The molecule has 0 saturated carbocycles. The predicted molar refractivity (Wildman–Crippen MR) is 48.9 cm³/mol. The molecule has 0 radical (unpaired) electrons. The summed E-state index contributed by atoms with van der Waals surface area (Å²) in [6, 6.07) is 0. The van der Waals surface area contributed by atoms with Crippen LogP contribution >= 0.6 is 0 Å². The maximum absolute atomic E-state index is 5.57. The average molecular weight is 170 g/mol. The highest BCUT2D eigenvalue weighted by Crippen LogP contribution is 2.19. The first-order chi connectivity index (χ1) is 5.58. The molecule has 1 aliphatic rings. The molecule has 12 heavy (non-hydrogen) atoms. The molecule has 0 bridgehead atoms. The molecule has 1 rings (SSSR count). The van der Waals surface area contributed by atoms with Crippen molar-refractivity contribution in [3.05, 3.63) is 11.6 Å². The van der Waals surface area contributed by atoms with Gasteiger partial charge < -0.3 is 9.47 Å². The lowest BCUT2D eigenvalue weighted by atomic mass is 10.1. The zero-order chi connectivity index (χ0) is 9.14. The first-order valence-corrected chi connectivity index (χ1v) is 4.54. The summed E-state index contributed by atoms with van der Waals surface area (Å²) in [7, 11) is 0. The molecule has 70 valence electrons. The van der Waals surface area contributed by atoms with Crippen molar-refractivity contribution < 1.29 is 9.47 Å². The molecule has 2 heteroatoms. The van der Waals surface area contributed by atoms with Crippen molar-refractivity contribution >= 4 is 0 Å². The van der Waals surface area contributed by atoms with Crippen LogP contribution in [0.5, 0.6) is 0 Å². The van der Waals surface area contributed by atoms with E-state index in [1.165, 1.54) is 5.57 Å². The first kappa shape index (κ1) is 9.75. The van der Waals surface area contributed by atoms with Gasteiger partial charge in [-0.05, 0) is 40.2 Å². The van der Waals surface area contributed by atoms with E-state index in [0.29, 0.717) is 12.2 Å². The van der Waals surface area contributed by atoms with Crippen LogP contribution in [0.3, 0.4) is 0 Å². The molecule has 0 aliphatic carbocycles. The van der Waals surface area contributed by atoms with Crippen LogP contribution in [0.4, 0.5) is 0 Å². The lowest BCUT2D eigenvalue weighted by Gasteiger charge is -2.31. The molecule has 0 N–H and O–H groups in total. The molecule has 0 aromatic rings. The molecular formula is C10H18O2. The molecular weight excluding hydrogens is 152 g/mol. The molecule has 1 saturated heterocycles. The van der Waals surface area contributed by atoms with Crippen LogP contribution in [-0.4, -0.2) is 18.5 Å². The third-order valence-electron chi connectivity index (χ3n) is 1.87. The Kier molecular flexibility index (Phi) is 3.29. The number of allylic oxidation sites excluding steroid dienone is 1. The van der Waals surface area contributed by atoms with Gasteiger partial charge in [0, 0.05) is 0 Å². The van der Waals surface area contributed by atoms with Crippen LogP contribution in [0, 0.1) is 0 Å². The minimum Gasteiger partial charge on any atom is -0.346 e. The monoisotopic (exact) mass is 170 g/mol. The van der Waals surface area contributed by atoms with Gasteiger partial charge >= 0.3 is 0 Å². The van der Waals surface area contributed by atoms with Crippen molar-refractivity contribution in [1.82, 2.24) is 0 Å². The number of hydrogen-bond acceptors (Lipinski definition) is 2. The van der Waals surface area contributed by atoms with Gasteiger partial charge in [0.2, 0.25) is 0 Å². The van der Waals surface area contributed by atoms with Crippen LogP contribution in [-0.2, 0) is 9.47 Å². The highest BCUT2D eigenvalue weighted by molar-refractivity contribution is 4.96. The molecule has 0 aromatic heterocycles. The van der Waals surface area contributed by atoms with Crippen LogP contribution < -0.4 is 0 Å². The van der Waals surface area contributed by atoms with Crippen LogP contribution in [0.1, 0.15) is 34.1 Å². The largest absolute Gasteiger partial charge is 0.346 e. The molecule has 1 fully saturated rings. The van der Waals surface area contributed by atoms with E-state index in [1.807, 2.05) is 6.08 Å². The number of rotatable bonds is 1. The topological polar surface area (TPSA) is 18.5 Å². The van der Waals surface area contributed by atoms with Crippen molar-refractivity contribution in [3.8, 4) is 0 Å². The standard InChI is InChI=1S/C10H18O2/c1-7(2)5-10-11-8(3)6-9(4)12-10/h5,8-10H,6H2,1-4H3. The van der Waals surface area contributed by atoms with Gasteiger partial charge in [0.05, 0.1) is 12.2 Å². The second kappa shape index (κ2) is 4.06. The van der Waals surface area contributed by atoms with Gasteiger partial charge in [0.15, 0.2) is 6.29 Å². The minimum atomic E-state index is -0.131. The zero-order valence-electron chi connectivity index (χ0n) is 8.33. The summed E-state index contributed by atoms with van der Waals surface area (Å²) in [5.41, 5.74) is 1.24. The van der Waals surface area contributed by atoms with Crippen LogP contribution in [0.2, 0.25) is 0 Å². The second-order valence-electron chi connectivity index (χ2n) is 3.74. The van der Waals surface area contributed by atoms with Crippen molar-refractivity contribution in [1.29, 1.82) is 0 Å². The van der Waals surface area contributed by atoms with Gasteiger partial charge in [-0.1, -0.05) is 5.57 Å². The van der Waals surface area contributed by atoms with E-state index < -0.39 is 0 Å². The fourth-order valence-corrected chi connectivity index (χ4v) is 1.42. The van der Waals surface area contributed by atoms with Gasteiger partial charge in [0.1, 0.15) is 0 Å². The molecule has 1 heterocycles.